The number of hydrogen-bond donors (Lipinski definition) is 0. The average Bonchev–Trinajstić information content (AvgIpc) is 3.16. The summed E-state index contributed by atoms with van der Waals surface area (Å²) in [5.41, 5.74) is 1.31. The van der Waals surface area contributed by atoms with Crippen LogP contribution in [0.25, 0.3) is 11.4 Å². The molecule has 3 aromatic rings. The van der Waals surface area contributed by atoms with E-state index in [0.717, 1.165) is 5.56 Å². The van der Waals surface area contributed by atoms with Crippen LogP contribution >= 0.6 is 0 Å². The molecule has 0 radical (unpaired) electrons. The first-order valence-corrected chi connectivity index (χ1v) is 7.97. The number of aromatic nitrogens is 2. The molecule has 26 heavy (non-hydrogen) atoms. The predicted molar refractivity (Wildman–Crippen MR) is 95.1 cm³/mol. The standard InChI is InChI=1S/C19H19N3O4/c1-22(19(23)14-9-15(24-2)11-16(10-14)25-3)12-17-20-18(21-26-17)13-7-5-4-6-8-13/h4-11H,12H2,1-3H3. The molecule has 0 N–H and O–H groups in total. The van der Waals surface area contributed by atoms with Gasteiger partial charge in [-0.15, -0.1) is 0 Å². The van der Waals surface area contributed by atoms with Gasteiger partial charge < -0.3 is 18.9 Å². The number of methoxy groups -OCH3 is 2. The fourth-order valence-corrected chi connectivity index (χ4v) is 2.45. The molecular formula is C19H19N3O4. The third-order valence-corrected chi connectivity index (χ3v) is 3.82. The van der Waals surface area contributed by atoms with E-state index in [9.17, 15) is 4.79 Å². The maximum Gasteiger partial charge on any atom is 0.254 e. The molecule has 3 rings (SSSR count). The summed E-state index contributed by atoms with van der Waals surface area (Å²) in [7, 11) is 4.74. The lowest BCUT2D eigenvalue weighted by Crippen LogP contribution is -2.26. The minimum absolute atomic E-state index is 0.193. The van der Waals surface area contributed by atoms with Crippen molar-refractivity contribution in [1.29, 1.82) is 0 Å². The summed E-state index contributed by atoms with van der Waals surface area (Å²) >= 11 is 0. The van der Waals surface area contributed by atoms with Crippen molar-refractivity contribution in [2.75, 3.05) is 21.3 Å². The van der Waals surface area contributed by atoms with Crippen LogP contribution in [0.3, 0.4) is 0 Å². The lowest BCUT2D eigenvalue weighted by molar-refractivity contribution is 0.0769. The molecule has 0 atom stereocenters. The number of benzene rings is 2. The molecule has 1 heterocycles. The van der Waals surface area contributed by atoms with Gasteiger partial charge in [0.05, 0.1) is 20.8 Å². The number of amides is 1. The number of rotatable bonds is 6. The van der Waals surface area contributed by atoms with Crippen molar-refractivity contribution < 1.29 is 18.8 Å². The first-order chi connectivity index (χ1) is 12.6. The van der Waals surface area contributed by atoms with E-state index >= 15 is 0 Å². The fourth-order valence-electron chi connectivity index (χ4n) is 2.45. The van der Waals surface area contributed by atoms with Gasteiger partial charge in [-0.1, -0.05) is 35.5 Å². The Bertz CT molecular complexity index is 871. The minimum atomic E-state index is -0.207. The van der Waals surface area contributed by atoms with Gasteiger partial charge in [0.25, 0.3) is 5.91 Å². The quantitative estimate of drug-likeness (QED) is 0.678. The molecule has 0 saturated heterocycles. The highest BCUT2D eigenvalue weighted by molar-refractivity contribution is 5.94. The Morgan fingerprint density at radius 1 is 1.08 bits per heavy atom. The predicted octanol–water partition coefficient (Wildman–Crippen LogP) is 3.03. The second-order valence-electron chi connectivity index (χ2n) is 5.64. The monoisotopic (exact) mass is 353 g/mol. The van der Waals surface area contributed by atoms with Crippen molar-refractivity contribution >= 4 is 5.91 Å². The van der Waals surface area contributed by atoms with Crippen LogP contribution in [-0.2, 0) is 6.54 Å². The Kier molecular flexibility index (Phi) is 5.17. The molecule has 0 aliphatic heterocycles. The Labute approximate surface area is 151 Å². The maximum absolute atomic E-state index is 12.7. The molecule has 0 bridgehead atoms. The van der Waals surface area contributed by atoms with E-state index in [-0.39, 0.29) is 12.5 Å². The Morgan fingerprint density at radius 3 is 2.35 bits per heavy atom. The van der Waals surface area contributed by atoms with Crippen molar-refractivity contribution in [2.45, 2.75) is 6.54 Å². The molecule has 0 saturated carbocycles. The molecule has 0 spiro atoms. The van der Waals surface area contributed by atoms with Gasteiger partial charge in [-0.2, -0.15) is 4.98 Å². The third kappa shape index (κ3) is 3.83. The summed E-state index contributed by atoms with van der Waals surface area (Å²) in [4.78, 5) is 18.5. The molecule has 134 valence electrons. The lowest BCUT2D eigenvalue weighted by Gasteiger charge is -2.16. The van der Waals surface area contributed by atoms with Gasteiger partial charge in [-0.05, 0) is 12.1 Å². The first-order valence-electron chi connectivity index (χ1n) is 7.97. The van der Waals surface area contributed by atoms with Crippen LogP contribution in [0.1, 0.15) is 16.2 Å². The zero-order valence-corrected chi connectivity index (χ0v) is 14.8. The van der Waals surface area contributed by atoms with Gasteiger partial charge in [-0.3, -0.25) is 4.79 Å². The van der Waals surface area contributed by atoms with Crippen LogP contribution < -0.4 is 9.47 Å². The van der Waals surface area contributed by atoms with Crippen molar-refractivity contribution in [1.82, 2.24) is 15.0 Å². The molecular weight excluding hydrogens is 334 g/mol. The summed E-state index contributed by atoms with van der Waals surface area (Å²) in [5, 5.41) is 3.96. The second kappa shape index (κ2) is 7.69. The van der Waals surface area contributed by atoms with Crippen LogP contribution in [0.15, 0.2) is 53.1 Å². The van der Waals surface area contributed by atoms with E-state index in [1.807, 2.05) is 30.3 Å². The number of carbonyl (C=O) groups is 1. The largest absolute Gasteiger partial charge is 0.497 e. The molecule has 2 aromatic carbocycles. The smallest absolute Gasteiger partial charge is 0.254 e. The Balaban J connectivity index is 1.75. The van der Waals surface area contributed by atoms with Gasteiger partial charge in [-0.25, -0.2) is 0 Å². The number of carbonyl (C=O) groups excluding carboxylic acids is 1. The second-order valence-corrected chi connectivity index (χ2v) is 5.64. The molecule has 0 fully saturated rings. The summed E-state index contributed by atoms with van der Waals surface area (Å²) in [6.07, 6.45) is 0. The number of nitrogens with zero attached hydrogens (tertiary/aromatic N) is 3. The fraction of sp³-hybridized carbons (Fsp3) is 0.211. The highest BCUT2D eigenvalue weighted by Gasteiger charge is 2.18. The molecule has 0 aliphatic rings. The van der Waals surface area contributed by atoms with Crippen LogP contribution in [-0.4, -0.2) is 42.2 Å². The van der Waals surface area contributed by atoms with E-state index in [2.05, 4.69) is 10.1 Å². The van der Waals surface area contributed by atoms with Gasteiger partial charge in [0.1, 0.15) is 11.5 Å². The van der Waals surface area contributed by atoms with Crippen molar-refractivity contribution in [3.8, 4) is 22.9 Å². The molecule has 1 aromatic heterocycles. The van der Waals surface area contributed by atoms with Gasteiger partial charge in [0.15, 0.2) is 0 Å². The van der Waals surface area contributed by atoms with E-state index < -0.39 is 0 Å². The van der Waals surface area contributed by atoms with Gasteiger partial charge in [0.2, 0.25) is 11.7 Å². The van der Waals surface area contributed by atoms with Gasteiger partial charge >= 0.3 is 0 Å². The average molecular weight is 353 g/mol. The van der Waals surface area contributed by atoms with E-state index in [4.69, 9.17) is 14.0 Å². The van der Waals surface area contributed by atoms with E-state index in [1.165, 1.54) is 19.1 Å². The normalized spacial score (nSPS) is 10.4. The lowest BCUT2D eigenvalue weighted by atomic mass is 10.1. The summed E-state index contributed by atoms with van der Waals surface area (Å²) in [6.45, 7) is 0.193. The summed E-state index contributed by atoms with van der Waals surface area (Å²) < 4.78 is 15.7. The Morgan fingerprint density at radius 2 is 1.73 bits per heavy atom. The van der Waals surface area contributed by atoms with Crippen LogP contribution in [0.2, 0.25) is 0 Å². The third-order valence-electron chi connectivity index (χ3n) is 3.82. The Hall–Kier alpha value is -3.35. The highest BCUT2D eigenvalue weighted by atomic mass is 16.5. The van der Waals surface area contributed by atoms with Crippen LogP contribution in [0, 0.1) is 0 Å². The topological polar surface area (TPSA) is 77.7 Å². The molecule has 7 nitrogen and oxygen atoms in total. The minimum Gasteiger partial charge on any atom is -0.497 e. The van der Waals surface area contributed by atoms with Crippen molar-refractivity contribution in [2.24, 2.45) is 0 Å². The number of ether oxygens (including phenoxy) is 2. The number of hydrogen-bond acceptors (Lipinski definition) is 6. The SMILES string of the molecule is COc1cc(OC)cc(C(=O)N(C)Cc2nc(-c3ccccc3)no2)c1. The molecule has 1 amide bonds. The summed E-state index contributed by atoms with van der Waals surface area (Å²) in [5.74, 6) is 1.73. The molecule has 7 heteroatoms. The van der Waals surface area contributed by atoms with Crippen LogP contribution in [0.4, 0.5) is 0 Å². The molecule has 0 unspecified atom stereocenters. The highest BCUT2D eigenvalue weighted by Crippen LogP contribution is 2.23. The maximum atomic E-state index is 12.7. The molecule has 0 aliphatic carbocycles. The van der Waals surface area contributed by atoms with E-state index in [0.29, 0.717) is 28.8 Å². The zero-order valence-electron chi connectivity index (χ0n) is 14.8. The van der Waals surface area contributed by atoms with Crippen LogP contribution in [0.5, 0.6) is 11.5 Å². The first kappa shape index (κ1) is 17.5. The van der Waals surface area contributed by atoms with Crippen molar-refractivity contribution in [3.05, 3.63) is 60.0 Å². The van der Waals surface area contributed by atoms with Gasteiger partial charge in [0, 0.05) is 24.2 Å². The van der Waals surface area contributed by atoms with Crippen molar-refractivity contribution in [3.63, 3.8) is 0 Å². The summed E-state index contributed by atoms with van der Waals surface area (Å²) in [6, 6.07) is 14.5. The van der Waals surface area contributed by atoms with E-state index in [1.54, 1.807) is 25.2 Å². The zero-order chi connectivity index (χ0) is 18.5.